The highest BCUT2D eigenvalue weighted by atomic mass is 35.5. The van der Waals surface area contributed by atoms with E-state index >= 15 is 0 Å². The Kier molecular flexibility index (Phi) is 7.86. The van der Waals surface area contributed by atoms with Crippen LogP contribution in [-0.2, 0) is 10.5 Å². The zero-order valence-electron chi connectivity index (χ0n) is 17.3. The predicted octanol–water partition coefficient (Wildman–Crippen LogP) is 1.92. The van der Waals surface area contributed by atoms with Crippen LogP contribution in [0.1, 0.15) is 58.3 Å². The molecule has 1 fully saturated rings. The van der Waals surface area contributed by atoms with E-state index in [-0.39, 0.29) is 17.6 Å². The number of ether oxygens (including phenoxy) is 1. The monoisotopic (exact) mass is 441 g/mol. The van der Waals surface area contributed by atoms with E-state index < -0.39 is 30.6 Å². The molecule has 2 aromatic rings. The summed E-state index contributed by atoms with van der Waals surface area (Å²) in [6.45, 7) is 1.75. The van der Waals surface area contributed by atoms with Crippen molar-refractivity contribution >= 4 is 28.6 Å². The van der Waals surface area contributed by atoms with Crippen LogP contribution in [0, 0.1) is 0 Å². The number of imidazole rings is 1. The SMILES string of the molecule is CCCCCCCCC(Cl)C[C@@]1(n2cnc3c(N)ncnc32)O[C@H](CO)[C@@H](O)[C@H]1O. The Morgan fingerprint density at radius 3 is 2.63 bits per heavy atom. The van der Waals surface area contributed by atoms with Gasteiger partial charge in [0.05, 0.1) is 12.9 Å². The molecule has 0 amide bonds. The van der Waals surface area contributed by atoms with Gasteiger partial charge in [-0.3, -0.25) is 4.57 Å². The summed E-state index contributed by atoms with van der Waals surface area (Å²) in [6.07, 6.45) is 7.09. The van der Waals surface area contributed by atoms with Crippen LogP contribution >= 0.6 is 11.6 Å². The zero-order chi connectivity index (χ0) is 21.7. The van der Waals surface area contributed by atoms with E-state index in [1.165, 1.54) is 38.3 Å². The smallest absolute Gasteiger partial charge is 0.178 e. The molecular formula is C20H32ClN5O4. The van der Waals surface area contributed by atoms with Crippen LogP contribution in [0.4, 0.5) is 5.82 Å². The first-order chi connectivity index (χ1) is 14.4. The third-order valence-electron chi connectivity index (χ3n) is 5.86. The molecule has 1 aliphatic rings. The van der Waals surface area contributed by atoms with E-state index in [1.54, 1.807) is 4.57 Å². The first-order valence-electron chi connectivity index (χ1n) is 10.7. The van der Waals surface area contributed by atoms with Crippen LogP contribution in [0.15, 0.2) is 12.7 Å². The number of rotatable bonds is 11. The van der Waals surface area contributed by atoms with Crippen LogP contribution in [0.5, 0.6) is 0 Å². The standard InChI is InChI=1S/C20H32ClN5O4/c1-2-3-4-5-6-7-8-13(21)9-20(17(29)16(28)14(10-27)30-20)26-12-25-15-18(22)23-11-24-19(15)26/h11-14,16-17,27-29H,2-10H2,1H3,(H2,22,23,24)/t13?,14-,16-,17-,20-/m1/s1. The number of anilines is 1. The molecule has 0 bridgehead atoms. The topological polar surface area (TPSA) is 140 Å². The number of nitrogen functional groups attached to an aromatic ring is 1. The number of aliphatic hydroxyl groups is 3. The van der Waals surface area contributed by atoms with Gasteiger partial charge in [-0.2, -0.15) is 0 Å². The average molecular weight is 442 g/mol. The number of aliphatic hydroxyl groups excluding tert-OH is 3. The van der Waals surface area contributed by atoms with E-state index in [9.17, 15) is 15.3 Å². The number of nitrogens with zero attached hydrogens (tertiary/aromatic N) is 4. The van der Waals surface area contributed by atoms with Crippen molar-refractivity contribution in [2.75, 3.05) is 12.3 Å². The van der Waals surface area contributed by atoms with Gasteiger partial charge in [0.1, 0.15) is 30.2 Å². The second-order valence-corrected chi connectivity index (χ2v) is 8.64. The molecule has 0 saturated carbocycles. The second-order valence-electron chi connectivity index (χ2n) is 8.02. The van der Waals surface area contributed by atoms with Crippen molar-refractivity contribution in [2.45, 2.75) is 87.7 Å². The summed E-state index contributed by atoms with van der Waals surface area (Å²) in [7, 11) is 0. The molecule has 5 atom stereocenters. The molecule has 0 spiro atoms. The summed E-state index contributed by atoms with van der Waals surface area (Å²) in [5, 5.41) is 30.7. The number of hydrogen-bond donors (Lipinski definition) is 4. The predicted molar refractivity (Wildman–Crippen MR) is 114 cm³/mol. The Balaban J connectivity index is 1.82. The molecule has 0 radical (unpaired) electrons. The number of hydrogen-bond acceptors (Lipinski definition) is 8. The zero-order valence-corrected chi connectivity index (χ0v) is 18.1. The molecule has 1 unspecified atom stereocenters. The van der Waals surface area contributed by atoms with Crippen molar-refractivity contribution in [1.29, 1.82) is 0 Å². The normalized spacial score (nSPS) is 27.7. The maximum Gasteiger partial charge on any atom is 0.178 e. The first-order valence-corrected chi connectivity index (χ1v) is 11.1. The fourth-order valence-electron chi connectivity index (χ4n) is 4.18. The third kappa shape index (κ3) is 4.55. The van der Waals surface area contributed by atoms with Crippen molar-refractivity contribution < 1.29 is 20.1 Å². The molecule has 1 saturated heterocycles. The minimum absolute atomic E-state index is 0.204. The molecule has 5 N–H and O–H groups in total. The molecule has 168 valence electrons. The second kappa shape index (κ2) is 10.2. The number of nitrogens with two attached hydrogens (primary N) is 1. The minimum atomic E-state index is -1.42. The fourth-order valence-corrected chi connectivity index (χ4v) is 4.55. The average Bonchev–Trinajstić information content (AvgIpc) is 3.27. The Morgan fingerprint density at radius 2 is 1.93 bits per heavy atom. The van der Waals surface area contributed by atoms with Gasteiger partial charge in [0.25, 0.3) is 0 Å². The maximum atomic E-state index is 11.0. The van der Waals surface area contributed by atoms with E-state index in [1.807, 2.05) is 0 Å². The Morgan fingerprint density at radius 1 is 1.20 bits per heavy atom. The van der Waals surface area contributed by atoms with Crippen molar-refractivity contribution in [2.24, 2.45) is 0 Å². The van der Waals surface area contributed by atoms with Crippen LogP contribution in [0.25, 0.3) is 11.2 Å². The summed E-state index contributed by atoms with van der Waals surface area (Å²) in [6, 6.07) is 0. The number of unbranched alkanes of at least 4 members (excludes halogenated alkanes) is 5. The van der Waals surface area contributed by atoms with Gasteiger partial charge in [-0.25, -0.2) is 15.0 Å². The number of alkyl halides is 1. The quantitative estimate of drug-likeness (QED) is 0.306. The summed E-state index contributed by atoms with van der Waals surface area (Å²) in [5.74, 6) is 0.204. The summed E-state index contributed by atoms with van der Waals surface area (Å²) in [4.78, 5) is 12.4. The van der Waals surface area contributed by atoms with Crippen LogP contribution in [-0.4, -0.2) is 65.1 Å². The molecule has 9 nitrogen and oxygen atoms in total. The molecule has 0 aliphatic carbocycles. The Bertz CT molecular complexity index is 822. The molecule has 2 aromatic heterocycles. The number of halogens is 1. The van der Waals surface area contributed by atoms with Gasteiger partial charge in [0.2, 0.25) is 0 Å². The maximum absolute atomic E-state index is 11.0. The highest BCUT2D eigenvalue weighted by molar-refractivity contribution is 6.20. The van der Waals surface area contributed by atoms with Gasteiger partial charge in [0, 0.05) is 11.8 Å². The largest absolute Gasteiger partial charge is 0.394 e. The lowest BCUT2D eigenvalue weighted by atomic mass is 9.95. The van der Waals surface area contributed by atoms with Gasteiger partial charge < -0.3 is 25.8 Å². The first kappa shape index (κ1) is 23.1. The van der Waals surface area contributed by atoms with Gasteiger partial charge in [-0.1, -0.05) is 45.4 Å². The van der Waals surface area contributed by atoms with Crippen LogP contribution < -0.4 is 5.73 Å². The summed E-state index contributed by atoms with van der Waals surface area (Å²) in [5.41, 5.74) is 5.22. The summed E-state index contributed by atoms with van der Waals surface area (Å²) < 4.78 is 7.59. The molecule has 30 heavy (non-hydrogen) atoms. The molecule has 3 heterocycles. The Labute approximate surface area is 181 Å². The van der Waals surface area contributed by atoms with Gasteiger partial charge in [-0.15, -0.1) is 11.6 Å². The van der Waals surface area contributed by atoms with Crippen molar-refractivity contribution in [3.8, 4) is 0 Å². The Hall–Kier alpha value is -1.52. The lowest BCUT2D eigenvalue weighted by molar-refractivity contribution is -0.150. The van der Waals surface area contributed by atoms with E-state index in [4.69, 9.17) is 22.1 Å². The molecule has 0 aromatic carbocycles. The molecule has 1 aliphatic heterocycles. The fraction of sp³-hybridized carbons (Fsp3) is 0.750. The minimum Gasteiger partial charge on any atom is -0.394 e. The van der Waals surface area contributed by atoms with E-state index in [2.05, 4.69) is 21.9 Å². The van der Waals surface area contributed by atoms with Crippen molar-refractivity contribution in [3.05, 3.63) is 12.7 Å². The van der Waals surface area contributed by atoms with Crippen molar-refractivity contribution in [3.63, 3.8) is 0 Å². The van der Waals surface area contributed by atoms with Crippen LogP contribution in [0.2, 0.25) is 0 Å². The summed E-state index contributed by atoms with van der Waals surface area (Å²) >= 11 is 6.67. The van der Waals surface area contributed by atoms with Gasteiger partial charge in [0.15, 0.2) is 17.2 Å². The lowest BCUT2D eigenvalue weighted by Crippen LogP contribution is -2.47. The van der Waals surface area contributed by atoms with Gasteiger partial charge in [-0.05, 0) is 6.42 Å². The molecule has 3 rings (SSSR count). The van der Waals surface area contributed by atoms with Crippen LogP contribution in [0.3, 0.4) is 0 Å². The molecular weight excluding hydrogens is 410 g/mol. The number of aromatic nitrogens is 4. The van der Waals surface area contributed by atoms with E-state index in [0.29, 0.717) is 11.2 Å². The van der Waals surface area contributed by atoms with E-state index in [0.717, 1.165) is 19.3 Å². The lowest BCUT2D eigenvalue weighted by Gasteiger charge is -2.35. The molecule has 10 heteroatoms. The highest BCUT2D eigenvalue weighted by Crippen LogP contribution is 2.42. The highest BCUT2D eigenvalue weighted by Gasteiger charge is 2.56. The number of fused-ring (bicyclic) bond motifs is 1. The van der Waals surface area contributed by atoms with Crippen molar-refractivity contribution in [1.82, 2.24) is 19.5 Å². The van der Waals surface area contributed by atoms with Gasteiger partial charge >= 0.3 is 0 Å². The third-order valence-corrected chi connectivity index (χ3v) is 6.23.